The second-order valence-corrected chi connectivity index (χ2v) is 6.39. The Balaban J connectivity index is 2.52. The first-order valence-corrected chi connectivity index (χ1v) is 7.05. The first kappa shape index (κ1) is 15.3. The van der Waals surface area contributed by atoms with Crippen LogP contribution in [-0.2, 0) is 4.74 Å². The molecular formula is C14H28N2O2. The Morgan fingerprint density at radius 3 is 2.61 bits per heavy atom. The van der Waals surface area contributed by atoms with Crippen molar-refractivity contribution in [3.05, 3.63) is 0 Å². The summed E-state index contributed by atoms with van der Waals surface area (Å²) < 4.78 is 5.41. The van der Waals surface area contributed by atoms with Crippen LogP contribution < -0.4 is 5.73 Å². The van der Waals surface area contributed by atoms with Crippen LogP contribution in [0.4, 0.5) is 4.79 Å². The summed E-state index contributed by atoms with van der Waals surface area (Å²) in [7, 11) is 0. The Hall–Kier alpha value is -0.770. The molecule has 1 aliphatic rings. The number of rotatable bonds is 3. The van der Waals surface area contributed by atoms with Gasteiger partial charge in [0.05, 0.1) is 0 Å². The minimum Gasteiger partial charge on any atom is -0.444 e. The Kier molecular flexibility index (Phi) is 5.45. The van der Waals surface area contributed by atoms with Crippen molar-refractivity contribution >= 4 is 6.09 Å². The molecule has 0 spiro atoms. The van der Waals surface area contributed by atoms with E-state index in [9.17, 15) is 4.79 Å². The van der Waals surface area contributed by atoms with Gasteiger partial charge in [-0.1, -0.05) is 19.8 Å². The van der Waals surface area contributed by atoms with Gasteiger partial charge in [0, 0.05) is 19.1 Å². The van der Waals surface area contributed by atoms with E-state index in [1.807, 2.05) is 20.8 Å². The maximum Gasteiger partial charge on any atom is 0.410 e. The van der Waals surface area contributed by atoms with Crippen LogP contribution in [0.5, 0.6) is 0 Å². The predicted molar refractivity (Wildman–Crippen MR) is 73.4 cm³/mol. The van der Waals surface area contributed by atoms with Crippen LogP contribution in [0.2, 0.25) is 0 Å². The SMILES string of the molecule is CCCCC1CC(N)CN(C(=O)OC(C)(C)C)C1. The van der Waals surface area contributed by atoms with Crippen LogP contribution in [-0.4, -0.2) is 35.7 Å². The topological polar surface area (TPSA) is 55.6 Å². The predicted octanol–water partition coefficient (Wildman–Crippen LogP) is 2.76. The van der Waals surface area contributed by atoms with Gasteiger partial charge in [0.15, 0.2) is 0 Å². The van der Waals surface area contributed by atoms with Crippen molar-refractivity contribution < 1.29 is 9.53 Å². The van der Waals surface area contributed by atoms with Crippen LogP contribution in [0.25, 0.3) is 0 Å². The molecule has 2 unspecified atom stereocenters. The highest BCUT2D eigenvalue weighted by atomic mass is 16.6. The third kappa shape index (κ3) is 5.25. The standard InChI is InChI=1S/C14H28N2O2/c1-5-6-7-11-8-12(15)10-16(9-11)13(17)18-14(2,3)4/h11-12H,5-10,15H2,1-4H3. The van der Waals surface area contributed by atoms with Gasteiger partial charge < -0.3 is 15.4 Å². The number of carbonyl (C=O) groups excluding carboxylic acids is 1. The number of hydrogen-bond donors (Lipinski definition) is 1. The van der Waals surface area contributed by atoms with Crippen LogP contribution in [0.15, 0.2) is 0 Å². The van der Waals surface area contributed by atoms with Crippen molar-refractivity contribution in [2.45, 2.75) is 65.0 Å². The highest BCUT2D eigenvalue weighted by molar-refractivity contribution is 5.68. The van der Waals surface area contributed by atoms with E-state index in [0.29, 0.717) is 12.5 Å². The molecule has 0 aromatic carbocycles. The molecule has 1 saturated heterocycles. The summed E-state index contributed by atoms with van der Waals surface area (Å²) in [5.41, 5.74) is 5.61. The zero-order chi connectivity index (χ0) is 13.8. The summed E-state index contributed by atoms with van der Waals surface area (Å²) in [6.45, 7) is 9.28. The first-order valence-electron chi connectivity index (χ1n) is 7.05. The largest absolute Gasteiger partial charge is 0.444 e. The molecule has 1 heterocycles. The van der Waals surface area contributed by atoms with Crippen molar-refractivity contribution in [1.29, 1.82) is 0 Å². The van der Waals surface area contributed by atoms with Gasteiger partial charge in [0.1, 0.15) is 5.60 Å². The molecule has 0 aromatic rings. The van der Waals surface area contributed by atoms with Crippen molar-refractivity contribution in [2.75, 3.05) is 13.1 Å². The first-order chi connectivity index (χ1) is 8.31. The molecule has 0 saturated carbocycles. The Morgan fingerprint density at radius 2 is 2.06 bits per heavy atom. The Morgan fingerprint density at radius 1 is 1.39 bits per heavy atom. The van der Waals surface area contributed by atoms with E-state index in [1.165, 1.54) is 12.8 Å². The number of piperidine rings is 1. The molecule has 0 radical (unpaired) electrons. The second kappa shape index (κ2) is 6.41. The summed E-state index contributed by atoms with van der Waals surface area (Å²) in [5, 5.41) is 0. The van der Waals surface area contributed by atoms with Crippen LogP contribution >= 0.6 is 0 Å². The van der Waals surface area contributed by atoms with Crippen molar-refractivity contribution in [1.82, 2.24) is 4.90 Å². The van der Waals surface area contributed by atoms with Gasteiger partial charge in [-0.15, -0.1) is 0 Å². The summed E-state index contributed by atoms with van der Waals surface area (Å²) in [5.74, 6) is 0.529. The minimum atomic E-state index is -0.433. The zero-order valence-corrected chi connectivity index (χ0v) is 12.2. The van der Waals surface area contributed by atoms with Gasteiger partial charge in [0.2, 0.25) is 0 Å². The number of hydrogen-bond acceptors (Lipinski definition) is 3. The normalized spacial score (nSPS) is 25.1. The van der Waals surface area contributed by atoms with E-state index in [4.69, 9.17) is 10.5 Å². The number of nitrogens with two attached hydrogens (primary N) is 1. The molecule has 4 nitrogen and oxygen atoms in total. The lowest BCUT2D eigenvalue weighted by atomic mass is 9.90. The number of amides is 1. The van der Waals surface area contributed by atoms with Crippen molar-refractivity contribution in [3.63, 3.8) is 0 Å². The van der Waals surface area contributed by atoms with Gasteiger partial charge in [-0.25, -0.2) is 4.79 Å². The second-order valence-electron chi connectivity index (χ2n) is 6.39. The Labute approximate surface area is 111 Å². The molecule has 0 aliphatic carbocycles. The quantitative estimate of drug-likeness (QED) is 0.844. The average molecular weight is 256 g/mol. The average Bonchev–Trinajstić information content (AvgIpc) is 2.23. The number of carbonyl (C=O) groups is 1. The molecule has 1 amide bonds. The number of unbranched alkanes of at least 4 members (excludes halogenated alkanes) is 1. The lowest BCUT2D eigenvalue weighted by Gasteiger charge is -2.37. The number of likely N-dealkylation sites (tertiary alicyclic amines) is 1. The van der Waals surface area contributed by atoms with E-state index in [1.54, 1.807) is 4.90 Å². The smallest absolute Gasteiger partial charge is 0.410 e. The highest BCUT2D eigenvalue weighted by Crippen LogP contribution is 2.22. The molecule has 1 fully saturated rings. The van der Waals surface area contributed by atoms with Gasteiger partial charge >= 0.3 is 6.09 Å². The van der Waals surface area contributed by atoms with Gasteiger partial charge in [-0.05, 0) is 39.5 Å². The number of ether oxygens (including phenoxy) is 1. The molecular weight excluding hydrogens is 228 g/mol. The fourth-order valence-corrected chi connectivity index (χ4v) is 2.42. The number of nitrogens with zero attached hydrogens (tertiary/aromatic N) is 1. The van der Waals surface area contributed by atoms with E-state index in [-0.39, 0.29) is 12.1 Å². The molecule has 106 valence electrons. The fourth-order valence-electron chi connectivity index (χ4n) is 2.42. The zero-order valence-electron chi connectivity index (χ0n) is 12.2. The molecule has 1 rings (SSSR count). The molecule has 1 aliphatic heterocycles. The van der Waals surface area contributed by atoms with Crippen LogP contribution in [0, 0.1) is 5.92 Å². The molecule has 18 heavy (non-hydrogen) atoms. The Bertz CT molecular complexity index is 273. The third-order valence-corrected chi connectivity index (χ3v) is 3.19. The molecule has 4 heteroatoms. The van der Waals surface area contributed by atoms with E-state index < -0.39 is 5.60 Å². The summed E-state index contributed by atoms with van der Waals surface area (Å²) in [4.78, 5) is 13.8. The summed E-state index contributed by atoms with van der Waals surface area (Å²) in [6.07, 6.45) is 4.36. The maximum atomic E-state index is 12.0. The van der Waals surface area contributed by atoms with E-state index in [2.05, 4.69) is 6.92 Å². The van der Waals surface area contributed by atoms with Crippen LogP contribution in [0.1, 0.15) is 53.4 Å². The van der Waals surface area contributed by atoms with Gasteiger partial charge in [0.25, 0.3) is 0 Å². The van der Waals surface area contributed by atoms with Crippen molar-refractivity contribution in [3.8, 4) is 0 Å². The van der Waals surface area contributed by atoms with Crippen LogP contribution in [0.3, 0.4) is 0 Å². The van der Waals surface area contributed by atoms with E-state index >= 15 is 0 Å². The molecule has 0 bridgehead atoms. The molecule has 2 atom stereocenters. The van der Waals surface area contributed by atoms with Crippen molar-refractivity contribution in [2.24, 2.45) is 11.7 Å². The fraction of sp³-hybridized carbons (Fsp3) is 0.929. The summed E-state index contributed by atoms with van der Waals surface area (Å²) in [6, 6.07) is 0.0909. The van der Waals surface area contributed by atoms with Gasteiger partial charge in [-0.3, -0.25) is 0 Å². The monoisotopic (exact) mass is 256 g/mol. The molecule has 0 aromatic heterocycles. The van der Waals surface area contributed by atoms with Gasteiger partial charge in [-0.2, -0.15) is 0 Å². The van der Waals surface area contributed by atoms with E-state index in [0.717, 1.165) is 19.4 Å². The molecule has 2 N–H and O–H groups in total. The summed E-state index contributed by atoms with van der Waals surface area (Å²) >= 11 is 0. The minimum absolute atomic E-state index is 0.0909. The highest BCUT2D eigenvalue weighted by Gasteiger charge is 2.30. The third-order valence-electron chi connectivity index (χ3n) is 3.19. The lowest BCUT2D eigenvalue weighted by Crippen LogP contribution is -2.50. The maximum absolute atomic E-state index is 12.0. The lowest BCUT2D eigenvalue weighted by molar-refractivity contribution is 0.0139.